The lowest BCUT2D eigenvalue weighted by Crippen LogP contribution is -2.55. The Balaban J connectivity index is 1.93. The lowest BCUT2D eigenvalue weighted by molar-refractivity contribution is -0.272. The van der Waals surface area contributed by atoms with Crippen molar-refractivity contribution in [2.45, 2.75) is 50.4 Å². The number of nitrogens with zero attached hydrogens (tertiary/aromatic N) is 2. The summed E-state index contributed by atoms with van der Waals surface area (Å²) in [5.74, 6) is -1.96. The maximum Gasteiger partial charge on any atom is 0.419 e. The van der Waals surface area contributed by atoms with Crippen molar-refractivity contribution in [3.05, 3.63) is 59.3 Å². The first kappa shape index (κ1) is 21.3. The number of phenolic OH excluding ortho intramolecular Hbond substituents is 1. The summed E-state index contributed by atoms with van der Waals surface area (Å²) < 4.78 is 56.6. The molecule has 0 radical (unpaired) electrons. The number of aromatic nitrogens is 2. The molecule has 31 heavy (non-hydrogen) atoms. The molecule has 0 bridgehead atoms. The molecule has 2 aromatic carbocycles. The highest BCUT2D eigenvalue weighted by atomic mass is 19.4. The molecular weight excluding hydrogens is 414 g/mol. The Bertz CT molecular complexity index is 1150. The Hall–Kier alpha value is -2.94. The number of rotatable bonds is 3. The van der Waals surface area contributed by atoms with Crippen LogP contribution in [-0.4, -0.2) is 32.0 Å². The minimum absolute atomic E-state index is 0.00172. The van der Waals surface area contributed by atoms with E-state index in [9.17, 15) is 27.8 Å². The fraction of sp³-hybridized carbons (Fsp3) is 0.364. The van der Waals surface area contributed by atoms with Gasteiger partial charge in [0.1, 0.15) is 5.82 Å². The van der Waals surface area contributed by atoms with Crippen LogP contribution < -0.4 is 5.32 Å². The first-order valence-electron chi connectivity index (χ1n) is 9.86. The van der Waals surface area contributed by atoms with Crippen molar-refractivity contribution in [3.8, 4) is 5.75 Å². The van der Waals surface area contributed by atoms with Crippen LogP contribution >= 0.6 is 0 Å². The summed E-state index contributed by atoms with van der Waals surface area (Å²) in [6.45, 7) is 3.33. The third-order valence-corrected chi connectivity index (χ3v) is 5.99. The van der Waals surface area contributed by atoms with Crippen LogP contribution in [0, 0.1) is 12.7 Å². The number of nitrogens with one attached hydrogen (secondary N) is 1. The zero-order valence-corrected chi connectivity index (χ0v) is 16.8. The van der Waals surface area contributed by atoms with Crippen molar-refractivity contribution >= 4 is 16.6 Å². The molecule has 0 fully saturated rings. The van der Waals surface area contributed by atoms with E-state index in [0.29, 0.717) is 16.7 Å². The fourth-order valence-corrected chi connectivity index (χ4v) is 4.38. The van der Waals surface area contributed by atoms with Crippen molar-refractivity contribution in [1.82, 2.24) is 9.97 Å². The van der Waals surface area contributed by atoms with E-state index in [4.69, 9.17) is 0 Å². The summed E-state index contributed by atoms with van der Waals surface area (Å²) in [4.78, 5) is 8.40. The van der Waals surface area contributed by atoms with Crippen LogP contribution in [0.2, 0.25) is 0 Å². The molecule has 1 aromatic heterocycles. The van der Waals surface area contributed by atoms with E-state index in [1.54, 1.807) is 32.0 Å². The van der Waals surface area contributed by atoms with Crippen LogP contribution in [0.5, 0.6) is 5.75 Å². The van der Waals surface area contributed by atoms with Gasteiger partial charge in [-0.2, -0.15) is 13.2 Å². The summed E-state index contributed by atoms with van der Waals surface area (Å²) in [7, 11) is 0. The lowest BCUT2D eigenvalue weighted by atomic mass is 9.69. The van der Waals surface area contributed by atoms with Crippen molar-refractivity contribution in [3.63, 3.8) is 0 Å². The number of halogens is 4. The van der Waals surface area contributed by atoms with Crippen LogP contribution in [0.4, 0.5) is 23.2 Å². The van der Waals surface area contributed by atoms with Crippen LogP contribution in [0.3, 0.4) is 0 Å². The molecule has 3 aromatic rings. The van der Waals surface area contributed by atoms with E-state index in [1.165, 1.54) is 12.3 Å². The minimum atomic E-state index is -4.97. The Morgan fingerprint density at radius 1 is 1.23 bits per heavy atom. The number of alkyl halides is 3. The largest absolute Gasteiger partial charge is 0.505 e. The Morgan fingerprint density at radius 2 is 1.97 bits per heavy atom. The summed E-state index contributed by atoms with van der Waals surface area (Å²) in [5, 5.41) is 24.6. The topological polar surface area (TPSA) is 78.3 Å². The van der Waals surface area contributed by atoms with E-state index in [-0.39, 0.29) is 23.2 Å². The van der Waals surface area contributed by atoms with Gasteiger partial charge in [0.25, 0.3) is 0 Å². The second kappa shape index (κ2) is 7.33. The smallest absolute Gasteiger partial charge is 0.419 e. The molecule has 9 heteroatoms. The number of fused-ring (bicyclic) bond motifs is 2. The van der Waals surface area contributed by atoms with Crippen LogP contribution in [0.15, 0.2) is 36.5 Å². The number of aryl methyl sites for hydroxylation is 1. The zero-order valence-electron chi connectivity index (χ0n) is 16.8. The van der Waals surface area contributed by atoms with Crippen molar-refractivity contribution in [2.24, 2.45) is 0 Å². The highest BCUT2D eigenvalue weighted by Gasteiger charge is 2.62. The van der Waals surface area contributed by atoms with Gasteiger partial charge < -0.3 is 15.5 Å². The van der Waals surface area contributed by atoms with Crippen LogP contribution in [-0.2, 0) is 0 Å². The highest BCUT2D eigenvalue weighted by Crippen LogP contribution is 2.55. The molecule has 3 atom stereocenters. The first-order valence-corrected chi connectivity index (χ1v) is 9.86. The molecule has 0 aliphatic heterocycles. The predicted octanol–water partition coefficient (Wildman–Crippen LogP) is 5.13. The molecule has 1 unspecified atom stereocenters. The average molecular weight is 435 g/mol. The summed E-state index contributed by atoms with van der Waals surface area (Å²) in [6, 6.07) is 5.31. The van der Waals surface area contributed by atoms with E-state index in [2.05, 4.69) is 15.3 Å². The summed E-state index contributed by atoms with van der Waals surface area (Å²) in [5.41, 5.74) is -2.24. The van der Waals surface area contributed by atoms with E-state index in [0.717, 1.165) is 6.07 Å². The molecule has 1 aliphatic rings. The molecular formula is C22H21F4N3O2. The van der Waals surface area contributed by atoms with E-state index in [1.807, 2.05) is 0 Å². The molecule has 3 N–H and O–H groups in total. The molecule has 164 valence electrons. The van der Waals surface area contributed by atoms with Crippen molar-refractivity contribution in [2.75, 3.05) is 5.32 Å². The predicted molar refractivity (Wildman–Crippen MR) is 107 cm³/mol. The summed E-state index contributed by atoms with van der Waals surface area (Å²) in [6.07, 6.45) is -4.00. The molecule has 0 saturated carbocycles. The van der Waals surface area contributed by atoms with Gasteiger partial charge in [0.2, 0.25) is 0 Å². The Morgan fingerprint density at radius 3 is 2.65 bits per heavy atom. The fourth-order valence-electron chi connectivity index (χ4n) is 4.38. The van der Waals surface area contributed by atoms with Gasteiger partial charge in [0.15, 0.2) is 17.2 Å². The second-order valence-corrected chi connectivity index (χ2v) is 7.86. The quantitative estimate of drug-likeness (QED) is 0.498. The van der Waals surface area contributed by atoms with E-state index < -0.39 is 41.7 Å². The van der Waals surface area contributed by atoms with Gasteiger partial charge in [0.05, 0.1) is 11.6 Å². The maximum absolute atomic E-state index is 14.2. The van der Waals surface area contributed by atoms with Gasteiger partial charge in [-0.25, -0.2) is 14.4 Å². The third kappa shape index (κ3) is 3.37. The number of aliphatic hydroxyl groups is 1. The number of anilines is 1. The molecule has 5 nitrogen and oxygen atoms in total. The third-order valence-electron chi connectivity index (χ3n) is 5.99. The number of hydrogen-bond acceptors (Lipinski definition) is 5. The highest BCUT2D eigenvalue weighted by molar-refractivity contribution is 5.91. The van der Waals surface area contributed by atoms with Crippen LogP contribution in [0.1, 0.15) is 48.7 Å². The monoisotopic (exact) mass is 435 g/mol. The molecule has 1 heterocycles. The van der Waals surface area contributed by atoms with E-state index >= 15 is 0 Å². The zero-order chi connectivity index (χ0) is 22.6. The van der Waals surface area contributed by atoms with Crippen LogP contribution in [0.25, 0.3) is 10.9 Å². The number of aromatic hydroxyl groups is 1. The van der Waals surface area contributed by atoms with Gasteiger partial charge in [-0.15, -0.1) is 0 Å². The molecule has 0 saturated heterocycles. The lowest BCUT2D eigenvalue weighted by Gasteiger charge is -2.45. The number of hydrogen-bond donors (Lipinski definition) is 3. The standard InChI is InChI=1S/C22H21F4N3O2/c1-3-12-9-21(31,22(24,25)26)20(13-7-8-15(23)19(30)18(12)13)29-17-6-4-5-16-14(17)10-27-11(2)28-16/h4-8,10,12,20,29-31H,3,9H2,1-2H3/t12-,20?,21-/m1/s1. The molecule has 0 amide bonds. The number of benzene rings is 2. The minimum Gasteiger partial charge on any atom is -0.505 e. The molecule has 0 spiro atoms. The van der Waals surface area contributed by atoms with Crippen molar-refractivity contribution < 1.29 is 27.8 Å². The summed E-state index contributed by atoms with van der Waals surface area (Å²) >= 11 is 0. The van der Waals surface area contributed by atoms with Gasteiger partial charge in [-0.05, 0) is 49.4 Å². The SMILES string of the molecule is CC[C@@H]1C[C@](O)(C(F)(F)F)C(Nc2cccc3nc(C)ncc23)c2ccc(F)c(O)c21. The first-order chi connectivity index (χ1) is 14.6. The second-order valence-electron chi connectivity index (χ2n) is 7.86. The van der Waals surface area contributed by atoms with Gasteiger partial charge >= 0.3 is 6.18 Å². The van der Waals surface area contributed by atoms with Gasteiger partial charge in [-0.3, -0.25) is 0 Å². The van der Waals surface area contributed by atoms with Gasteiger partial charge in [-0.1, -0.05) is 19.1 Å². The number of phenols is 1. The van der Waals surface area contributed by atoms with Gasteiger partial charge in [0, 0.05) is 22.8 Å². The average Bonchev–Trinajstić information content (AvgIpc) is 2.71. The Kier molecular flexibility index (Phi) is 5.04. The van der Waals surface area contributed by atoms with Crippen molar-refractivity contribution in [1.29, 1.82) is 0 Å². The normalized spacial score (nSPS) is 23.6. The molecule has 4 rings (SSSR count). The molecule has 1 aliphatic carbocycles. The Labute approximate surface area is 175 Å². The maximum atomic E-state index is 14.2.